The summed E-state index contributed by atoms with van der Waals surface area (Å²) in [6, 6.07) is 5.91. The number of rotatable bonds is 6. The van der Waals surface area contributed by atoms with Gasteiger partial charge in [-0.3, -0.25) is 4.79 Å². The molecule has 1 unspecified atom stereocenters. The molecule has 1 atom stereocenters. The lowest BCUT2D eigenvalue weighted by molar-refractivity contribution is -0.139. The van der Waals surface area contributed by atoms with Crippen LogP contribution in [0.5, 0.6) is 0 Å². The third-order valence-electron chi connectivity index (χ3n) is 2.58. The van der Waals surface area contributed by atoms with E-state index in [-0.39, 0.29) is 6.04 Å². The molecular formula is C14H21NO2S. The number of carboxylic acids is 1. The smallest absolute Gasteiger partial charge is 0.321 e. The van der Waals surface area contributed by atoms with Gasteiger partial charge in [0.15, 0.2) is 0 Å². The highest BCUT2D eigenvalue weighted by atomic mass is 32.2. The molecule has 0 fully saturated rings. The normalized spacial score (nSPS) is 12.7. The van der Waals surface area contributed by atoms with Crippen LogP contribution in [0.15, 0.2) is 23.1 Å². The Bertz CT molecular complexity index is 418. The zero-order valence-corrected chi connectivity index (χ0v) is 12.2. The minimum absolute atomic E-state index is 0.172. The summed E-state index contributed by atoms with van der Waals surface area (Å²) in [6.07, 6.45) is 0. The van der Waals surface area contributed by atoms with Gasteiger partial charge in [-0.15, -0.1) is 11.8 Å². The summed E-state index contributed by atoms with van der Waals surface area (Å²) in [5.74, 6) is -0.251. The summed E-state index contributed by atoms with van der Waals surface area (Å²) in [5, 5.41) is 12.2. The van der Waals surface area contributed by atoms with Crippen LogP contribution in [0.2, 0.25) is 0 Å². The third-order valence-corrected chi connectivity index (χ3v) is 3.83. The Hall–Kier alpha value is -1.00. The minimum atomic E-state index is -0.790. The van der Waals surface area contributed by atoms with Crippen molar-refractivity contribution in [2.24, 2.45) is 0 Å². The Morgan fingerprint density at radius 1 is 1.39 bits per heavy atom. The standard InChI is InChI=1S/C14H21NO2S/c1-9(2)15-12(14(16)17)8-18-13-7-10(3)5-6-11(13)4/h5-7,9,12,15H,8H2,1-4H3,(H,16,17). The number of aliphatic carboxylic acids is 1. The topological polar surface area (TPSA) is 49.3 Å². The van der Waals surface area contributed by atoms with Gasteiger partial charge in [-0.25, -0.2) is 0 Å². The van der Waals surface area contributed by atoms with Gasteiger partial charge < -0.3 is 10.4 Å². The highest BCUT2D eigenvalue weighted by Crippen LogP contribution is 2.24. The molecule has 4 heteroatoms. The minimum Gasteiger partial charge on any atom is -0.480 e. The quantitative estimate of drug-likeness (QED) is 0.778. The molecule has 0 aliphatic heterocycles. The largest absolute Gasteiger partial charge is 0.480 e. The first-order chi connectivity index (χ1) is 8.40. The summed E-state index contributed by atoms with van der Waals surface area (Å²) in [5.41, 5.74) is 2.39. The van der Waals surface area contributed by atoms with Crippen LogP contribution in [0.3, 0.4) is 0 Å². The van der Waals surface area contributed by atoms with Crippen molar-refractivity contribution in [2.75, 3.05) is 5.75 Å². The number of thioether (sulfide) groups is 1. The maximum absolute atomic E-state index is 11.1. The monoisotopic (exact) mass is 267 g/mol. The van der Waals surface area contributed by atoms with Crippen LogP contribution < -0.4 is 5.32 Å². The van der Waals surface area contributed by atoms with Gasteiger partial charge in [-0.2, -0.15) is 0 Å². The van der Waals surface area contributed by atoms with Crippen LogP contribution in [-0.4, -0.2) is 28.9 Å². The van der Waals surface area contributed by atoms with E-state index in [1.165, 1.54) is 11.1 Å². The number of hydrogen-bond acceptors (Lipinski definition) is 3. The molecule has 0 heterocycles. The SMILES string of the molecule is Cc1ccc(C)c(SCC(NC(C)C)C(=O)O)c1. The van der Waals surface area contributed by atoms with E-state index in [1.807, 2.05) is 27.7 Å². The van der Waals surface area contributed by atoms with E-state index in [4.69, 9.17) is 5.11 Å². The van der Waals surface area contributed by atoms with Crippen molar-refractivity contribution in [1.82, 2.24) is 5.32 Å². The first-order valence-electron chi connectivity index (χ1n) is 6.09. The third kappa shape index (κ3) is 4.70. The Kier molecular flexibility index (Phi) is 5.69. The molecule has 0 radical (unpaired) electrons. The summed E-state index contributed by atoms with van der Waals surface area (Å²) < 4.78 is 0. The Morgan fingerprint density at radius 3 is 2.61 bits per heavy atom. The van der Waals surface area contributed by atoms with E-state index in [0.29, 0.717) is 5.75 Å². The van der Waals surface area contributed by atoms with Crippen LogP contribution >= 0.6 is 11.8 Å². The molecular weight excluding hydrogens is 246 g/mol. The van der Waals surface area contributed by atoms with Crippen LogP contribution in [0, 0.1) is 13.8 Å². The molecule has 0 amide bonds. The van der Waals surface area contributed by atoms with Gasteiger partial charge >= 0.3 is 5.97 Å². The van der Waals surface area contributed by atoms with Gasteiger partial charge in [0.25, 0.3) is 0 Å². The van der Waals surface area contributed by atoms with Crippen molar-refractivity contribution in [3.8, 4) is 0 Å². The molecule has 0 bridgehead atoms. The fraction of sp³-hybridized carbons (Fsp3) is 0.500. The van der Waals surface area contributed by atoms with Crippen LogP contribution in [-0.2, 0) is 4.79 Å². The lowest BCUT2D eigenvalue weighted by atomic mass is 10.2. The van der Waals surface area contributed by atoms with Crippen LogP contribution in [0.1, 0.15) is 25.0 Å². The van der Waals surface area contributed by atoms with Crippen molar-refractivity contribution in [3.63, 3.8) is 0 Å². The second-order valence-electron chi connectivity index (χ2n) is 4.79. The van der Waals surface area contributed by atoms with E-state index >= 15 is 0 Å². The molecule has 3 nitrogen and oxygen atoms in total. The number of carbonyl (C=O) groups is 1. The molecule has 1 aromatic carbocycles. The predicted octanol–water partition coefficient (Wildman–Crippen LogP) is 2.85. The van der Waals surface area contributed by atoms with E-state index in [2.05, 4.69) is 23.5 Å². The molecule has 0 aliphatic rings. The number of nitrogens with one attached hydrogen (secondary N) is 1. The summed E-state index contributed by atoms with van der Waals surface area (Å²) in [7, 11) is 0. The molecule has 1 aromatic rings. The first-order valence-corrected chi connectivity index (χ1v) is 7.07. The average molecular weight is 267 g/mol. The van der Waals surface area contributed by atoms with Crippen LogP contribution in [0.4, 0.5) is 0 Å². The fourth-order valence-electron chi connectivity index (χ4n) is 1.63. The molecule has 0 saturated carbocycles. The van der Waals surface area contributed by atoms with Gasteiger partial charge in [-0.1, -0.05) is 31.5 Å². The second-order valence-corrected chi connectivity index (χ2v) is 5.85. The van der Waals surface area contributed by atoms with Crippen molar-refractivity contribution >= 4 is 17.7 Å². The van der Waals surface area contributed by atoms with Crippen molar-refractivity contribution < 1.29 is 9.90 Å². The Morgan fingerprint density at radius 2 is 2.06 bits per heavy atom. The summed E-state index contributed by atoms with van der Waals surface area (Å²) in [4.78, 5) is 12.3. The first kappa shape index (κ1) is 15.1. The van der Waals surface area contributed by atoms with Gasteiger partial charge in [-0.05, 0) is 25.5 Å². The molecule has 0 aliphatic carbocycles. The second kappa shape index (κ2) is 6.81. The lowest BCUT2D eigenvalue weighted by Gasteiger charge is -2.17. The molecule has 0 saturated heterocycles. The van der Waals surface area contributed by atoms with Gasteiger partial charge in [0, 0.05) is 16.7 Å². The van der Waals surface area contributed by atoms with E-state index < -0.39 is 12.0 Å². The molecule has 2 N–H and O–H groups in total. The van der Waals surface area contributed by atoms with E-state index in [9.17, 15) is 4.79 Å². The lowest BCUT2D eigenvalue weighted by Crippen LogP contribution is -2.42. The fourth-order valence-corrected chi connectivity index (χ4v) is 2.78. The van der Waals surface area contributed by atoms with Crippen molar-refractivity contribution in [1.29, 1.82) is 0 Å². The van der Waals surface area contributed by atoms with Crippen molar-refractivity contribution in [3.05, 3.63) is 29.3 Å². The Balaban J connectivity index is 2.66. The Labute approximate surface area is 113 Å². The maximum Gasteiger partial charge on any atom is 0.321 e. The summed E-state index contributed by atoms with van der Waals surface area (Å²) >= 11 is 1.60. The number of carboxylic acid groups (broad SMARTS) is 1. The number of hydrogen-bond donors (Lipinski definition) is 2. The molecule has 18 heavy (non-hydrogen) atoms. The molecule has 0 spiro atoms. The number of aryl methyl sites for hydroxylation is 2. The van der Waals surface area contributed by atoms with E-state index in [0.717, 1.165) is 4.90 Å². The highest BCUT2D eigenvalue weighted by molar-refractivity contribution is 7.99. The van der Waals surface area contributed by atoms with Crippen LogP contribution in [0.25, 0.3) is 0 Å². The predicted molar refractivity (Wildman–Crippen MR) is 76.3 cm³/mol. The van der Waals surface area contributed by atoms with Gasteiger partial charge in [0.05, 0.1) is 0 Å². The number of benzene rings is 1. The molecule has 0 aromatic heterocycles. The maximum atomic E-state index is 11.1. The van der Waals surface area contributed by atoms with Crippen molar-refractivity contribution in [2.45, 2.75) is 44.7 Å². The molecule has 100 valence electrons. The highest BCUT2D eigenvalue weighted by Gasteiger charge is 2.18. The zero-order valence-electron chi connectivity index (χ0n) is 11.4. The van der Waals surface area contributed by atoms with Gasteiger partial charge in [0.2, 0.25) is 0 Å². The average Bonchev–Trinajstić information content (AvgIpc) is 2.27. The zero-order chi connectivity index (χ0) is 13.7. The van der Waals surface area contributed by atoms with Gasteiger partial charge in [0.1, 0.15) is 6.04 Å². The van der Waals surface area contributed by atoms with E-state index in [1.54, 1.807) is 11.8 Å². The summed E-state index contributed by atoms with van der Waals surface area (Å²) in [6.45, 7) is 8.01. The molecule has 1 rings (SSSR count).